The highest BCUT2D eigenvalue weighted by Crippen LogP contribution is 2.28. The Kier molecular flexibility index (Phi) is 3.73. The standard InChI is InChI=1S/C12H20N2O/c1-4-14(8-10-6-5-7-10)11(15)12(2,3)9-13/h10H,4-8H2,1-3H3. The zero-order valence-corrected chi connectivity index (χ0v) is 9.92. The van der Waals surface area contributed by atoms with Crippen molar-refractivity contribution in [2.45, 2.75) is 40.0 Å². The first-order valence-electron chi connectivity index (χ1n) is 5.72. The molecule has 0 N–H and O–H groups in total. The molecule has 3 heteroatoms. The van der Waals surface area contributed by atoms with Gasteiger partial charge in [-0.25, -0.2) is 0 Å². The fraction of sp³-hybridized carbons (Fsp3) is 0.833. The summed E-state index contributed by atoms with van der Waals surface area (Å²) >= 11 is 0. The Morgan fingerprint density at radius 2 is 2.13 bits per heavy atom. The lowest BCUT2D eigenvalue weighted by Gasteiger charge is -2.34. The Bertz CT molecular complexity index is 274. The fourth-order valence-corrected chi connectivity index (χ4v) is 1.79. The minimum Gasteiger partial charge on any atom is -0.341 e. The summed E-state index contributed by atoms with van der Waals surface area (Å²) in [7, 11) is 0. The van der Waals surface area contributed by atoms with E-state index in [1.807, 2.05) is 11.8 Å². The topological polar surface area (TPSA) is 44.1 Å². The number of nitrogens with zero attached hydrogens (tertiary/aromatic N) is 2. The van der Waals surface area contributed by atoms with Gasteiger partial charge in [0.1, 0.15) is 5.41 Å². The van der Waals surface area contributed by atoms with Crippen LogP contribution in [-0.4, -0.2) is 23.9 Å². The Labute approximate surface area is 92.1 Å². The Hall–Kier alpha value is -1.04. The van der Waals surface area contributed by atoms with Crippen LogP contribution in [0.1, 0.15) is 40.0 Å². The molecule has 3 nitrogen and oxygen atoms in total. The quantitative estimate of drug-likeness (QED) is 0.710. The molecule has 0 saturated heterocycles. The highest BCUT2D eigenvalue weighted by molar-refractivity contribution is 5.84. The molecule has 0 aromatic carbocycles. The maximum absolute atomic E-state index is 12.0. The van der Waals surface area contributed by atoms with Crippen LogP contribution < -0.4 is 0 Å². The lowest BCUT2D eigenvalue weighted by Crippen LogP contribution is -2.43. The number of carbonyl (C=O) groups excluding carboxylic acids is 1. The minimum absolute atomic E-state index is 0.0283. The number of amides is 1. The third-order valence-corrected chi connectivity index (χ3v) is 3.19. The van der Waals surface area contributed by atoms with Gasteiger partial charge in [-0.2, -0.15) is 5.26 Å². The second kappa shape index (κ2) is 4.65. The maximum Gasteiger partial charge on any atom is 0.242 e. The second-order valence-corrected chi connectivity index (χ2v) is 4.88. The van der Waals surface area contributed by atoms with Crippen LogP contribution in [0.2, 0.25) is 0 Å². The highest BCUT2D eigenvalue weighted by Gasteiger charge is 2.33. The molecule has 0 spiro atoms. The number of rotatable bonds is 4. The zero-order valence-electron chi connectivity index (χ0n) is 9.92. The average Bonchev–Trinajstić information content (AvgIpc) is 2.16. The monoisotopic (exact) mass is 208 g/mol. The van der Waals surface area contributed by atoms with E-state index >= 15 is 0 Å². The maximum atomic E-state index is 12.0. The molecule has 0 bridgehead atoms. The average molecular weight is 208 g/mol. The highest BCUT2D eigenvalue weighted by atomic mass is 16.2. The SMILES string of the molecule is CCN(CC1CCC1)C(=O)C(C)(C)C#N. The third-order valence-electron chi connectivity index (χ3n) is 3.19. The van der Waals surface area contributed by atoms with E-state index < -0.39 is 5.41 Å². The first-order chi connectivity index (χ1) is 7.01. The van der Waals surface area contributed by atoms with Gasteiger partial charge in [-0.05, 0) is 39.5 Å². The van der Waals surface area contributed by atoms with E-state index in [-0.39, 0.29) is 5.91 Å². The molecular weight excluding hydrogens is 188 g/mol. The molecule has 1 saturated carbocycles. The summed E-state index contributed by atoms with van der Waals surface area (Å²) in [5.41, 5.74) is -0.875. The summed E-state index contributed by atoms with van der Waals surface area (Å²) in [6.07, 6.45) is 3.76. The molecular formula is C12H20N2O. The molecule has 0 atom stereocenters. The van der Waals surface area contributed by atoms with Gasteiger partial charge in [-0.15, -0.1) is 0 Å². The van der Waals surface area contributed by atoms with E-state index in [9.17, 15) is 4.79 Å². The van der Waals surface area contributed by atoms with Crippen LogP contribution in [0.5, 0.6) is 0 Å². The van der Waals surface area contributed by atoms with Gasteiger partial charge in [0.25, 0.3) is 0 Å². The predicted octanol–water partition coefficient (Wildman–Crippen LogP) is 2.18. The molecule has 15 heavy (non-hydrogen) atoms. The van der Waals surface area contributed by atoms with Crippen LogP contribution >= 0.6 is 0 Å². The summed E-state index contributed by atoms with van der Waals surface area (Å²) in [4.78, 5) is 13.8. The predicted molar refractivity (Wildman–Crippen MR) is 59.0 cm³/mol. The van der Waals surface area contributed by atoms with Crippen LogP contribution in [0.25, 0.3) is 0 Å². The van der Waals surface area contributed by atoms with Crippen molar-refractivity contribution in [2.24, 2.45) is 11.3 Å². The van der Waals surface area contributed by atoms with Crippen molar-refractivity contribution in [2.75, 3.05) is 13.1 Å². The molecule has 1 aliphatic rings. The van der Waals surface area contributed by atoms with Crippen molar-refractivity contribution in [1.29, 1.82) is 5.26 Å². The van der Waals surface area contributed by atoms with Crippen molar-refractivity contribution >= 4 is 5.91 Å². The Morgan fingerprint density at radius 1 is 1.53 bits per heavy atom. The number of carbonyl (C=O) groups is 1. The van der Waals surface area contributed by atoms with Crippen LogP contribution in [-0.2, 0) is 4.79 Å². The third kappa shape index (κ3) is 2.71. The van der Waals surface area contributed by atoms with Gasteiger partial charge in [0, 0.05) is 13.1 Å². The van der Waals surface area contributed by atoms with Gasteiger partial charge in [0.05, 0.1) is 6.07 Å². The van der Waals surface area contributed by atoms with Gasteiger partial charge in [-0.1, -0.05) is 6.42 Å². The van der Waals surface area contributed by atoms with E-state index in [1.54, 1.807) is 13.8 Å². The van der Waals surface area contributed by atoms with Crippen LogP contribution in [0.3, 0.4) is 0 Å². The largest absolute Gasteiger partial charge is 0.341 e. The minimum atomic E-state index is -0.875. The molecule has 1 aliphatic carbocycles. The van der Waals surface area contributed by atoms with E-state index in [2.05, 4.69) is 6.07 Å². The Balaban J connectivity index is 2.57. The number of nitriles is 1. The second-order valence-electron chi connectivity index (χ2n) is 4.88. The van der Waals surface area contributed by atoms with Crippen molar-refractivity contribution in [3.63, 3.8) is 0 Å². The zero-order chi connectivity index (χ0) is 11.5. The molecule has 1 amide bonds. The lowest BCUT2D eigenvalue weighted by molar-refractivity contribution is -0.138. The van der Waals surface area contributed by atoms with Crippen LogP contribution in [0.4, 0.5) is 0 Å². The number of hydrogen-bond donors (Lipinski definition) is 0. The summed E-state index contributed by atoms with van der Waals surface area (Å²) in [6.45, 7) is 6.91. The van der Waals surface area contributed by atoms with E-state index in [0.29, 0.717) is 12.5 Å². The Morgan fingerprint density at radius 3 is 2.47 bits per heavy atom. The van der Waals surface area contributed by atoms with Crippen molar-refractivity contribution in [1.82, 2.24) is 4.90 Å². The van der Waals surface area contributed by atoms with E-state index in [4.69, 9.17) is 5.26 Å². The molecule has 1 rings (SSSR count). The molecule has 84 valence electrons. The van der Waals surface area contributed by atoms with Crippen molar-refractivity contribution < 1.29 is 4.79 Å². The van der Waals surface area contributed by atoms with Crippen molar-refractivity contribution in [3.8, 4) is 6.07 Å². The van der Waals surface area contributed by atoms with Crippen molar-refractivity contribution in [3.05, 3.63) is 0 Å². The molecule has 0 radical (unpaired) electrons. The van der Waals surface area contributed by atoms with Crippen LogP contribution in [0, 0.1) is 22.7 Å². The molecule has 0 aliphatic heterocycles. The van der Waals surface area contributed by atoms with Gasteiger partial charge in [0.15, 0.2) is 0 Å². The molecule has 0 heterocycles. The van der Waals surface area contributed by atoms with Gasteiger partial charge in [-0.3, -0.25) is 4.79 Å². The van der Waals surface area contributed by atoms with Gasteiger partial charge >= 0.3 is 0 Å². The van der Waals surface area contributed by atoms with E-state index in [1.165, 1.54) is 19.3 Å². The molecule has 0 aromatic heterocycles. The smallest absolute Gasteiger partial charge is 0.242 e. The fourth-order valence-electron chi connectivity index (χ4n) is 1.79. The first-order valence-corrected chi connectivity index (χ1v) is 5.72. The summed E-state index contributed by atoms with van der Waals surface area (Å²) in [5, 5.41) is 8.92. The van der Waals surface area contributed by atoms with Gasteiger partial charge < -0.3 is 4.90 Å². The summed E-state index contributed by atoms with van der Waals surface area (Å²) < 4.78 is 0. The molecule has 0 unspecified atom stereocenters. The lowest BCUT2D eigenvalue weighted by atomic mass is 9.84. The van der Waals surface area contributed by atoms with E-state index in [0.717, 1.165) is 6.54 Å². The first kappa shape index (κ1) is 12.0. The molecule has 1 fully saturated rings. The van der Waals surface area contributed by atoms with Crippen LogP contribution in [0.15, 0.2) is 0 Å². The van der Waals surface area contributed by atoms with Gasteiger partial charge in [0.2, 0.25) is 5.91 Å². The molecule has 0 aromatic rings. The summed E-state index contributed by atoms with van der Waals surface area (Å²) in [5.74, 6) is 0.641. The number of hydrogen-bond acceptors (Lipinski definition) is 2. The normalized spacial score (nSPS) is 16.7. The summed E-state index contributed by atoms with van der Waals surface area (Å²) in [6, 6.07) is 2.07.